The van der Waals surface area contributed by atoms with Crippen molar-refractivity contribution in [1.82, 2.24) is 0 Å². The normalized spacial score (nSPS) is 10.2. The first kappa shape index (κ1) is 14.9. The molecule has 0 atom stereocenters. The summed E-state index contributed by atoms with van der Waals surface area (Å²) in [6, 6.07) is 12.8. The summed E-state index contributed by atoms with van der Waals surface area (Å²) in [6.07, 6.45) is 1.00. The van der Waals surface area contributed by atoms with Crippen LogP contribution in [0.5, 0.6) is 11.5 Å². The largest absolute Gasteiger partial charge is 0.506 e. The number of hydrogen-bond donors (Lipinski definition) is 2. The zero-order chi connectivity index (χ0) is 15.2. The van der Waals surface area contributed by atoms with Crippen molar-refractivity contribution in [3.8, 4) is 11.5 Å². The second-order valence-corrected chi connectivity index (χ2v) is 4.92. The van der Waals surface area contributed by atoms with Crippen molar-refractivity contribution in [3.05, 3.63) is 53.6 Å². The predicted octanol–water partition coefficient (Wildman–Crippen LogP) is 3.28. The van der Waals surface area contributed by atoms with Gasteiger partial charge in [0.15, 0.2) is 0 Å². The molecule has 21 heavy (non-hydrogen) atoms. The lowest BCUT2D eigenvalue weighted by molar-refractivity contribution is -0.116. The van der Waals surface area contributed by atoms with Crippen LogP contribution in [0.2, 0.25) is 0 Å². The number of aryl methyl sites for hydroxylation is 2. The molecule has 110 valence electrons. The molecule has 0 saturated heterocycles. The maximum absolute atomic E-state index is 11.9. The van der Waals surface area contributed by atoms with Crippen LogP contribution in [0.25, 0.3) is 0 Å². The Morgan fingerprint density at radius 1 is 1.19 bits per heavy atom. The average Bonchev–Trinajstić information content (AvgIpc) is 2.49. The molecule has 0 bridgehead atoms. The number of benzene rings is 2. The lowest BCUT2D eigenvalue weighted by Gasteiger charge is -2.08. The first-order valence-electron chi connectivity index (χ1n) is 6.81. The summed E-state index contributed by atoms with van der Waals surface area (Å²) < 4.78 is 5.09. The highest BCUT2D eigenvalue weighted by molar-refractivity contribution is 5.92. The van der Waals surface area contributed by atoms with Gasteiger partial charge in [-0.3, -0.25) is 4.79 Å². The van der Waals surface area contributed by atoms with Crippen LogP contribution < -0.4 is 10.1 Å². The summed E-state index contributed by atoms with van der Waals surface area (Å²) in [5.74, 6) is 0.762. The second kappa shape index (κ2) is 6.79. The van der Waals surface area contributed by atoms with Crippen LogP contribution >= 0.6 is 0 Å². The quantitative estimate of drug-likeness (QED) is 0.829. The molecule has 0 radical (unpaired) electrons. The summed E-state index contributed by atoms with van der Waals surface area (Å²) in [5, 5.41) is 12.4. The van der Waals surface area contributed by atoms with E-state index in [2.05, 4.69) is 5.32 Å². The minimum atomic E-state index is -0.119. The first-order chi connectivity index (χ1) is 10.1. The van der Waals surface area contributed by atoms with Crippen LogP contribution in [0.4, 0.5) is 5.69 Å². The molecule has 0 aromatic heterocycles. The first-order valence-corrected chi connectivity index (χ1v) is 6.81. The minimum Gasteiger partial charge on any atom is -0.506 e. The number of carbonyl (C=O) groups excluding carboxylic acids is 1. The maximum Gasteiger partial charge on any atom is 0.224 e. The highest BCUT2D eigenvalue weighted by Gasteiger charge is 2.07. The van der Waals surface area contributed by atoms with Crippen molar-refractivity contribution >= 4 is 11.6 Å². The van der Waals surface area contributed by atoms with Gasteiger partial charge in [0.1, 0.15) is 11.5 Å². The molecule has 0 aliphatic heterocycles. The van der Waals surface area contributed by atoms with Gasteiger partial charge in [0, 0.05) is 6.42 Å². The van der Waals surface area contributed by atoms with E-state index in [0.717, 1.165) is 16.9 Å². The molecule has 2 rings (SSSR count). The zero-order valence-electron chi connectivity index (χ0n) is 12.2. The summed E-state index contributed by atoms with van der Waals surface area (Å²) in [4.78, 5) is 11.9. The fourth-order valence-corrected chi connectivity index (χ4v) is 2.01. The minimum absolute atomic E-state index is 0.0818. The lowest BCUT2D eigenvalue weighted by atomic mass is 10.1. The summed E-state index contributed by atoms with van der Waals surface area (Å²) >= 11 is 0. The van der Waals surface area contributed by atoms with Gasteiger partial charge in [-0.1, -0.05) is 18.2 Å². The summed E-state index contributed by atoms with van der Waals surface area (Å²) in [5.41, 5.74) is 2.51. The Balaban J connectivity index is 1.91. The van der Waals surface area contributed by atoms with Gasteiger partial charge in [-0.15, -0.1) is 0 Å². The second-order valence-electron chi connectivity index (χ2n) is 4.92. The molecular weight excluding hydrogens is 266 g/mol. The molecule has 0 spiro atoms. The van der Waals surface area contributed by atoms with Crippen molar-refractivity contribution in [1.29, 1.82) is 0 Å². The molecule has 0 unspecified atom stereocenters. The molecule has 0 saturated carbocycles. The maximum atomic E-state index is 11.9. The van der Waals surface area contributed by atoms with Crippen molar-refractivity contribution < 1.29 is 14.6 Å². The van der Waals surface area contributed by atoms with E-state index < -0.39 is 0 Å². The van der Waals surface area contributed by atoms with Crippen molar-refractivity contribution in [3.63, 3.8) is 0 Å². The van der Waals surface area contributed by atoms with E-state index in [9.17, 15) is 9.90 Å². The molecule has 0 fully saturated rings. The van der Waals surface area contributed by atoms with Gasteiger partial charge in [-0.05, 0) is 48.7 Å². The molecular formula is C17H19NO3. The van der Waals surface area contributed by atoms with Crippen LogP contribution in [0, 0.1) is 6.92 Å². The van der Waals surface area contributed by atoms with E-state index in [0.29, 0.717) is 18.5 Å². The van der Waals surface area contributed by atoms with Gasteiger partial charge in [-0.2, -0.15) is 0 Å². The van der Waals surface area contributed by atoms with Crippen molar-refractivity contribution in [2.45, 2.75) is 19.8 Å². The predicted molar refractivity (Wildman–Crippen MR) is 82.8 cm³/mol. The third-order valence-electron chi connectivity index (χ3n) is 3.23. The molecule has 2 aromatic rings. The number of amides is 1. The SMILES string of the molecule is COc1ccc(CCC(=O)Nc2cc(C)ccc2O)cc1. The Morgan fingerprint density at radius 2 is 1.90 bits per heavy atom. The Hall–Kier alpha value is -2.49. The Morgan fingerprint density at radius 3 is 2.57 bits per heavy atom. The van der Waals surface area contributed by atoms with E-state index >= 15 is 0 Å². The van der Waals surface area contributed by atoms with Gasteiger partial charge in [-0.25, -0.2) is 0 Å². The summed E-state index contributed by atoms with van der Waals surface area (Å²) in [6.45, 7) is 1.91. The van der Waals surface area contributed by atoms with Gasteiger partial charge in [0.05, 0.1) is 12.8 Å². The van der Waals surface area contributed by atoms with Gasteiger partial charge in [0.2, 0.25) is 5.91 Å². The van der Waals surface area contributed by atoms with Crippen LogP contribution in [-0.2, 0) is 11.2 Å². The van der Waals surface area contributed by atoms with Gasteiger partial charge < -0.3 is 15.2 Å². The highest BCUT2D eigenvalue weighted by atomic mass is 16.5. The van der Waals surface area contributed by atoms with Crippen LogP contribution in [0.1, 0.15) is 17.5 Å². The number of carbonyl (C=O) groups is 1. The number of aromatic hydroxyl groups is 1. The molecule has 4 nitrogen and oxygen atoms in total. The Labute approximate surface area is 124 Å². The van der Waals surface area contributed by atoms with E-state index in [4.69, 9.17) is 4.74 Å². The van der Waals surface area contributed by atoms with Crippen LogP contribution in [0.15, 0.2) is 42.5 Å². The van der Waals surface area contributed by atoms with E-state index in [1.54, 1.807) is 25.3 Å². The fourth-order valence-electron chi connectivity index (χ4n) is 2.01. The molecule has 0 aliphatic carbocycles. The third kappa shape index (κ3) is 4.24. The van der Waals surface area contributed by atoms with E-state index in [1.807, 2.05) is 31.2 Å². The van der Waals surface area contributed by atoms with E-state index in [1.165, 1.54) is 0 Å². The number of phenolic OH excluding ortho intramolecular Hbond substituents is 1. The van der Waals surface area contributed by atoms with Crippen LogP contribution in [0.3, 0.4) is 0 Å². The van der Waals surface area contributed by atoms with E-state index in [-0.39, 0.29) is 11.7 Å². The van der Waals surface area contributed by atoms with Crippen molar-refractivity contribution in [2.24, 2.45) is 0 Å². The topological polar surface area (TPSA) is 58.6 Å². The van der Waals surface area contributed by atoms with Crippen LogP contribution in [-0.4, -0.2) is 18.1 Å². The fraction of sp³-hybridized carbons (Fsp3) is 0.235. The average molecular weight is 285 g/mol. The third-order valence-corrected chi connectivity index (χ3v) is 3.23. The molecule has 1 amide bonds. The number of nitrogens with one attached hydrogen (secondary N) is 1. The van der Waals surface area contributed by atoms with Gasteiger partial charge in [0.25, 0.3) is 0 Å². The summed E-state index contributed by atoms with van der Waals surface area (Å²) in [7, 11) is 1.62. The molecule has 0 aliphatic rings. The zero-order valence-corrected chi connectivity index (χ0v) is 12.2. The monoisotopic (exact) mass is 285 g/mol. The number of hydrogen-bond acceptors (Lipinski definition) is 3. The number of methoxy groups -OCH3 is 1. The Kier molecular flexibility index (Phi) is 4.82. The molecule has 2 aromatic carbocycles. The molecule has 0 heterocycles. The Bertz CT molecular complexity index is 620. The van der Waals surface area contributed by atoms with Crippen molar-refractivity contribution in [2.75, 3.05) is 12.4 Å². The lowest BCUT2D eigenvalue weighted by Crippen LogP contribution is -2.12. The highest BCUT2D eigenvalue weighted by Crippen LogP contribution is 2.24. The smallest absolute Gasteiger partial charge is 0.224 e. The number of rotatable bonds is 5. The molecule has 4 heteroatoms. The number of phenols is 1. The number of anilines is 1. The molecule has 2 N–H and O–H groups in total. The van der Waals surface area contributed by atoms with Gasteiger partial charge >= 0.3 is 0 Å². The standard InChI is InChI=1S/C17H19NO3/c1-12-3-9-16(19)15(11-12)18-17(20)10-6-13-4-7-14(21-2)8-5-13/h3-5,7-9,11,19H,6,10H2,1-2H3,(H,18,20). The number of ether oxygens (including phenoxy) is 1.